The molecule has 2 heterocycles. The molecule has 0 bridgehead atoms. The second-order valence-corrected chi connectivity index (χ2v) is 8.26. The van der Waals surface area contributed by atoms with Crippen LogP contribution in [-0.2, 0) is 19.6 Å². The van der Waals surface area contributed by atoms with Gasteiger partial charge in [0.25, 0.3) is 15.9 Å². The molecule has 1 amide bonds. The van der Waals surface area contributed by atoms with Crippen LogP contribution in [0.5, 0.6) is 0 Å². The zero-order valence-corrected chi connectivity index (χ0v) is 12.9. The molecule has 116 valence electrons. The highest BCUT2D eigenvalue weighted by atomic mass is 32.2. The summed E-state index contributed by atoms with van der Waals surface area (Å²) in [5.41, 5.74) is 0. The maximum absolute atomic E-state index is 12.4. The van der Waals surface area contributed by atoms with Crippen molar-refractivity contribution >= 4 is 32.3 Å². The second-order valence-electron chi connectivity index (χ2n) is 5.03. The quantitative estimate of drug-likeness (QED) is 0.654. The third-order valence-corrected chi connectivity index (χ3v) is 6.90. The molecule has 2 aliphatic rings. The zero-order chi connectivity index (χ0) is 15.0. The Kier molecular flexibility index (Phi) is 4.02. The normalized spacial score (nSPS) is 20.4. The average molecular weight is 332 g/mol. The molecule has 0 unspecified atom stereocenters. The van der Waals surface area contributed by atoms with E-state index in [9.17, 15) is 18.4 Å². The Morgan fingerprint density at radius 2 is 2.00 bits per heavy atom. The lowest BCUT2D eigenvalue weighted by molar-refractivity contribution is -0.124. The molecule has 7 nitrogen and oxygen atoms in total. The number of hydrogen-bond donors (Lipinski definition) is 1. The molecule has 21 heavy (non-hydrogen) atoms. The molecule has 1 aromatic heterocycles. The van der Waals surface area contributed by atoms with Gasteiger partial charge < -0.3 is 4.74 Å². The van der Waals surface area contributed by atoms with Gasteiger partial charge in [0, 0.05) is 19.0 Å². The molecule has 0 aromatic carbocycles. The lowest BCUT2D eigenvalue weighted by Crippen LogP contribution is -2.40. The minimum absolute atomic E-state index is 0.127. The maximum Gasteiger partial charge on any atom is 0.254 e. The van der Waals surface area contributed by atoms with E-state index in [0.717, 1.165) is 24.2 Å². The largest absolute Gasteiger partial charge is 0.379 e. The van der Waals surface area contributed by atoms with Crippen LogP contribution in [-0.4, -0.2) is 50.1 Å². The van der Waals surface area contributed by atoms with Gasteiger partial charge in [0.2, 0.25) is 0 Å². The van der Waals surface area contributed by atoms with Crippen molar-refractivity contribution in [3.8, 4) is 0 Å². The Morgan fingerprint density at radius 1 is 1.33 bits per heavy atom. The Hall–Kier alpha value is -1.00. The van der Waals surface area contributed by atoms with E-state index in [0.29, 0.717) is 31.4 Å². The molecule has 2 fully saturated rings. The molecule has 0 spiro atoms. The standard InChI is InChI=1S/C12H16N2O5S2/c15-12(9-1-2-9)14(16)10-3-4-11(20-10)21(17,18)13-5-7-19-8-6-13/h3-4,9,16H,1-2,5-8H2. The first-order chi connectivity index (χ1) is 10.00. The van der Waals surface area contributed by atoms with E-state index >= 15 is 0 Å². The molecule has 9 heteroatoms. The molecule has 0 atom stereocenters. The molecule has 1 aromatic rings. The van der Waals surface area contributed by atoms with Crippen LogP contribution in [0.1, 0.15) is 12.8 Å². The topological polar surface area (TPSA) is 87.2 Å². The summed E-state index contributed by atoms with van der Waals surface area (Å²) in [6.45, 7) is 1.40. The van der Waals surface area contributed by atoms with Crippen molar-refractivity contribution in [1.82, 2.24) is 4.31 Å². The third kappa shape index (κ3) is 2.97. The molecule has 1 aliphatic heterocycles. The second kappa shape index (κ2) is 5.65. The minimum Gasteiger partial charge on any atom is -0.379 e. The summed E-state index contributed by atoms with van der Waals surface area (Å²) < 4.78 is 31.5. The van der Waals surface area contributed by atoms with Gasteiger partial charge in [0.1, 0.15) is 9.21 Å². The fourth-order valence-corrected chi connectivity index (χ4v) is 4.86. The van der Waals surface area contributed by atoms with E-state index in [4.69, 9.17) is 4.74 Å². The van der Waals surface area contributed by atoms with Crippen molar-refractivity contribution in [2.24, 2.45) is 5.92 Å². The molecular formula is C12H16N2O5S2. The lowest BCUT2D eigenvalue weighted by Gasteiger charge is -2.25. The SMILES string of the molecule is O=C(C1CC1)N(O)c1ccc(S(=O)(=O)N2CCOCC2)s1. The Bertz CT molecular complexity index is 632. The number of sulfonamides is 1. The summed E-state index contributed by atoms with van der Waals surface area (Å²) in [4.78, 5) is 11.8. The van der Waals surface area contributed by atoms with Crippen molar-refractivity contribution in [2.45, 2.75) is 17.1 Å². The van der Waals surface area contributed by atoms with Gasteiger partial charge in [-0.2, -0.15) is 9.37 Å². The first-order valence-electron chi connectivity index (χ1n) is 6.71. The summed E-state index contributed by atoms with van der Waals surface area (Å²) in [7, 11) is -3.58. The third-order valence-electron chi connectivity index (χ3n) is 3.48. The van der Waals surface area contributed by atoms with Gasteiger partial charge >= 0.3 is 0 Å². The van der Waals surface area contributed by atoms with Crippen molar-refractivity contribution in [1.29, 1.82) is 0 Å². The van der Waals surface area contributed by atoms with E-state index in [1.54, 1.807) is 0 Å². The number of anilines is 1. The van der Waals surface area contributed by atoms with E-state index < -0.39 is 10.0 Å². The predicted octanol–water partition coefficient (Wildman–Crippen LogP) is 0.901. The molecule has 1 saturated heterocycles. The summed E-state index contributed by atoms with van der Waals surface area (Å²) in [5, 5.41) is 10.7. The highest BCUT2D eigenvalue weighted by molar-refractivity contribution is 7.91. The van der Waals surface area contributed by atoms with Crippen LogP contribution in [0.15, 0.2) is 16.3 Å². The summed E-state index contributed by atoms with van der Waals surface area (Å²) in [6, 6.07) is 2.88. The van der Waals surface area contributed by atoms with Crippen LogP contribution in [0.25, 0.3) is 0 Å². The number of rotatable bonds is 4. The lowest BCUT2D eigenvalue weighted by atomic mass is 10.4. The van der Waals surface area contributed by atoms with Gasteiger partial charge in [0.15, 0.2) is 0 Å². The molecule has 3 rings (SSSR count). The van der Waals surface area contributed by atoms with E-state index in [2.05, 4.69) is 0 Å². The van der Waals surface area contributed by atoms with Crippen LogP contribution in [0, 0.1) is 5.92 Å². The number of morpholine rings is 1. The maximum atomic E-state index is 12.4. The highest BCUT2D eigenvalue weighted by Gasteiger charge is 2.35. The Balaban J connectivity index is 1.78. The molecule has 1 aliphatic carbocycles. The molecule has 1 saturated carbocycles. The van der Waals surface area contributed by atoms with Crippen molar-refractivity contribution in [3.63, 3.8) is 0 Å². The highest BCUT2D eigenvalue weighted by Crippen LogP contribution is 2.35. The van der Waals surface area contributed by atoms with Gasteiger partial charge in [-0.25, -0.2) is 8.42 Å². The molecule has 1 N–H and O–H groups in total. The average Bonchev–Trinajstić information content (AvgIpc) is 3.22. The first kappa shape index (κ1) is 14.9. The van der Waals surface area contributed by atoms with Crippen LogP contribution in [0.2, 0.25) is 0 Å². The Morgan fingerprint density at radius 3 is 2.62 bits per heavy atom. The zero-order valence-electron chi connectivity index (χ0n) is 11.3. The summed E-state index contributed by atoms with van der Waals surface area (Å²) in [6.07, 6.45) is 1.56. The van der Waals surface area contributed by atoms with Gasteiger partial charge in [-0.05, 0) is 25.0 Å². The van der Waals surface area contributed by atoms with Crippen molar-refractivity contribution in [3.05, 3.63) is 12.1 Å². The number of carbonyl (C=O) groups excluding carboxylic acids is 1. The molecular weight excluding hydrogens is 316 g/mol. The number of carbonyl (C=O) groups is 1. The van der Waals surface area contributed by atoms with Crippen LogP contribution in [0.4, 0.5) is 5.00 Å². The fraction of sp³-hybridized carbons (Fsp3) is 0.583. The number of amides is 1. The number of thiophene rings is 1. The van der Waals surface area contributed by atoms with E-state index in [-0.39, 0.29) is 21.0 Å². The van der Waals surface area contributed by atoms with Crippen molar-refractivity contribution < 1.29 is 23.2 Å². The predicted molar refractivity (Wildman–Crippen MR) is 75.9 cm³/mol. The number of hydrogen-bond acceptors (Lipinski definition) is 6. The van der Waals surface area contributed by atoms with Crippen molar-refractivity contribution in [2.75, 3.05) is 31.4 Å². The fourth-order valence-electron chi connectivity index (χ4n) is 2.09. The monoisotopic (exact) mass is 332 g/mol. The summed E-state index contributed by atoms with van der Waals surface area (Å²) in [5.74, 6) is -0.497. The number of ether oxygens (including phenoxy) is 1. The van der Waals surface area contributed by atoms with E-state index in [1.165, 1.54) is 16.4 Å². The van der Waals surface area contributed by atoms with Crippen LogP contribution < -0.4 is 5.06 Å². The van der Waals surface area contributed by atoms with Gasteiger partial charge in [-0.1, -0.05) is 0 Å². The number of hydroxylamine groups is 1. The van der Waals surface area contributed by atoms with Crippen LogP contribution in [0.3, 0.4) is 0 Å². The first-order valence-corrected chi connectivity index (χ1v) is 8.96. The molecule has 0 radical (unpaired) electrons. The Labute approximate surface area is 126 Å². The van der Waals surface area contributed by atoms with Gasteiger partial charge in [-0.15, -0.1) is 11.3 Å². The number of nitrogens with zero attached hydrogens (tertiary/aromatic N) is 2. The minimum atomic E-state index is -3.58. The summed E-state index contributed by atoms with van der Waals surface area (Å²) >= 11 is 0.900. The van der Waals surface area contributed by atoms with Gasteiger partial charge in [-0.3, -0.25) is 10.0 Å². The van der Waals surface area contributed by atoms with E-state index in [1.807, 2.05) is 0 Å². The smallest absolute Gasteiger partial charge is 0.254 e. The van der Waals surface area contributed by atoms with Gasteiger partial charge in [0.05, 0.1) is 13.2 Å². The van der Waals surface area contributed by atoms with Crippen LogP contribution >= 0.6 is 11.3 Å².